The fraction of sp³-hybridized carbons (Fsp3) is 0.417. The summed E-state index contributed by atoms with van der Waals surface area (Å²) in [7, 11) is 0. The maximum Gasteiger partial charge on any atom is 0.413 e. The number of allylic oxidation sites excluding steroid dienone is 2. The molecule has 2 rings (SSSR count). The molecular weight excluding hydrogens is 501 g/mol. The Balaban J connectivity index is 2.51. The highest BCUT2D eigenvalue weighted by atomic mass is 35.5. The van der Waals surface area contributed by atoms with E-state index >= 15 is 0 Å². The molecule has 0 fully saturated rings. The number of carboxylic acids is 1. The third-order valence-corrected chi connectivity index (χ3v) is 5.90. The summed E-state index contributed by atoms with van der Waals surface area (Å²) in [4.78, 5) is 49.6. The average Bonchev–Trinajstić information content (AvgIpc) is 2.74. The second-order valence-corrected chi connectivity index (χ2v) is 8.54. The average molecular weight is 528 g/mol. The molecule has 1 aromatic rings. The van der Waals surface area contributed by atoms with Gasteiger partial charge in [-0.05, 0) is 38.3 Å². The predicted octanol–water partition coefficient (Wildman–Crippen LogP) is 4.83. The van der Waals surface area contributed by atoms with E-state index in [1.165, 1.54) is 6.07 Å². The maximum absolute atomic E-state index is 13.4. The number of aliphatic carboxylic acids is 1. The molecule has 0 spiro atoms. The Hall–Kier alpha value is -3.04. The molecule has 9 nitrogen and oxygen atoms in total. The van der Waals surface area contributed by atoms with Crippen molar-refractivity contribution in [2.75, 3.05) is 0 Å². The molecule has 0 unspecified atom stereocenters. The summed E-state index contributed by atoms with van der Waals surface area (Å²) in [5.74, 6) is -5.02. The van der Waals surface area contributed by atoms with Gasteiger partial charge in [0.25, 0.3) is 0 Å². The van der Waals surface area contributed by atoms with Gasteiger partial charge in [0.15, 0.2) is 0 Å². The van der Waals surface area contributed by atoms with Crippen LogP contribution in [0.25, 0.3) is 0 Å². The highest BCUT2D eigenvalue weighted by Crippen LogP contribution is 2.43. The van der Waals surface area contributed by atoms with Gasteiger partial charge < -0.3 is 24.6 Å². The lowest BCUT2D eigenvalue weighted by Crippen LogP contribution is -2.35. The van der Waals surface area contributed by atoms with Crippen molar-refractivity contribution in [1.82, 2.24) is 5.32 Å². The number of hydrogen-bond donors (Lipinski definition) is 2. The second kappa shape index (κ2) is 12.6. The number of dihydropyridines is 1. The van der Waals surface area contributed by atoms with Gasteiger partial charge in [-0.1, -0.05) is 49.2 Å². The number of benzene rings is 1. The Morgan fingerprint density at radius 2 is 1.49 bits per heavy atom. The van der Waals surface area contributed by atoms with Gasteiger partial charge in [0.1, 0.15) is 0 Å². The molecule has 2 N–H and O–H groups in total. The normalized spacial score (nSPS) is 15.6. The van der Waals surface area contributed by atoms with Crippen molar-refractivity contribution in [3.8, 4) is 0 Å². The molecule has 0 amide bonds. The van der Waals surface area contributed by atoms with Gasteiger partial charge in [-0.3, -0.25) is 9.59 Å². The first-order valence-electron chi connectivity index (χ1n) is 11.0. The van der Waals surface area contributed by atoms with Crippen LogP contribution in [0.5, 0.6) is 0 Å². The van der Waals surface area contributed by atoms with Gasteiger partial charge in [0, 0.05) is 24.2 Å². The zero-order valence-electron chi connectivity index (χ0n) is 19.8. The van der Waals surface area contributed by atoms with Gasteiger partial charge >= 0.3 is 30.4 Å². The van der Waals surface area contributed by atoms with Crippen LogP contribution in [0.4, 0.5) is 0 Å². The molecule has 0 aliphatic carbocycles. The molecular formula is C24H27Cl2NO8. The SMILES string of the molecule is CCCC(=O)OC(OC(=O)CCC)OC(=O)C1=C(C)NC(C)=C(C(=O)O)[C@H]1c1cccc(Cl)c1Cl. The summed E-state index contributed by atoms with van der Waals surface area (Å²) < 4.78 is 15.3. The number of carbonyl (C=O) groups is 4. The third kappa shape index (κ3) is 6.99. The first-order valence-corrected chi connectivity index (χ1v) is 11.7. The van der Waals surface area contributed by atoms with Crippen molar-refractivity contribution in [2.24, 2.45) is 0 Å². The minimum absolute atomic E-state index is 0.00843. The predicted molar refractivity (Wildman–Crippen MR) is 127 cm³/mol. The highest BCUT2D eigenvalue weighted by Gasteiger charge is 2.40. The van der Waals surface area contributed by atoms with Gasteiger partial charge in [-0.25, -0.2) is 9.59 Å². The van der Waals surface area contributed by atoms with E-state index in [1.807, 2.05) is 0 Å². The summed E-state index contributed by atoms with van der Waals surface area (Å²) in [5, 5.41) is 13.0. The van der Waals surface area contributed by atoms with Crippen LogP contribution in [-0.2, 0) is 33.4 Å². The molecule has 0 bridgehead atoms. The minimum atomic E-state index is -1.95. The fourth-order valence-electron chi connectivity index (χ4n) is 3.57. The first-order chi connectivity index (χ1) is 16.5. The van der Waals surface area contributed by atoms with Gasteiger partial charge in [0.2, 0.25) is 0 Å². The van der Waals surface area contributed by atoms with Crippen molar-refractivity contribution in [2.45, 2.75) is 65.8 Å². The zero-order chi connectivity index (χ0) is 26.3. The van der Waals surface area contributed by atoms with Gasteiger partial charge in [-0.2, -0.15) is 0 Å². The molecule has 1 aromatic carbocycles. The number of carboxylic acid groups (broad SMARTS) is 1. The van der Waals surface area contributed by atoms with Crippen LogP contribution < -0.4 is 5.32 Å². The van der Waals surface area contributed by atoms with Gasteiger partial charge in [-0.15, -0.1) is 0 Å². The Bertz CT molecular complexity index is 1060. The van der Waals surface area contributed by atoms with Crippen LogP contribution in [-0.4, -0.2) is 35.5 Å². The molecule has 0 saturated heterocycles. The highest BCUT2D eigenvalue weighted by molar-refractivity contribution is 6.42. The van der Waals surface area contributed by atoms with Crippen molar-refractivity contribution < 1.29 is 38.5 Å². The molecule has 190 valence electrons. The lowest BCUT2D eigenvalue weighted by atomic mass is 9.80. The van der Waals surface area contributed by atoms with Crippen LogP contribution >= 0.6 is 23.2 Å². The molecule has 0 aromatic heterocycles. The molecule has 35 heavy (non-hydrogen) atoms. The number of carbonyl (C=O) groups excluding carboxylic acids is 3. The number of halogens is 2. The number of nitrogens with one attached hydrogen (secondary N) is 1. The van der Waals surface area contributed by atoms with Crippen molar-refractivity contribution in [3.63, 3.8) is 0 Å². The van der Waals surface area contributed by atoms with E-state index < -0.39 is 36.3 Å². The molecule has 0 radical (unpaired) electrons. The number of esters is 3. The van der Waals surface area contributed by atoms with E-state index in [4.69, 9.17) is 37.4 Å². The molecule has 0 saturated carbocycles. The van der Waals surface area contributed by atoms with E-state index in [0.717, 1.165) is 0 Å². The molecule has 11 heteroatoms. The molecule has 1 heterocycles. The van der Waals surface area contributed by atoms with E-state index in [9.17, 15) is 24.3 Å². The van der Waals surface area contributed by atoms with Crippen molar-refractivity contribution in [1.29, 1.82) is 0 Å². The summed E-state index contributed by atoms with van der Waals surface area (Å²) in [6.45, 7) is 4.63. The van der Waals surface area contributed by atoms with E-state index in [0.29, 0.717) is 12.8 Å². The minimum Gasteiger partial charge on any atom is -0.478 e. The topological polar surface area (TPSA) is 128 Å². The van der Waals surface area contributed by atoms with E-state index in [-0.39, 0.29) is 51.0 Å². The first kappa shape index (κ1) is 28.2. The summed E-state index contributed by atoms with van der Waals surface area (Å²) in [6, 6.07) is 4.64. The van der Waals surface area contributed by atoms with Crippen LogP contribution in [0.3, 0.4) is 0 Å². The monoisotopic (exact) mass is 527 g/mol. The smallest absolute Gasteiger partial charge is 0.413 e. The largest absolute Gasteiger partial charge is 0.478 e. The third-order valence-electron chi connectivity index (χ3n) is 5.07. The van der Waals surface area contributed by atoms with E-state index in [1.54, 1.807) is 39.8 Å². The van der Waals surface area contributed by atoms with Crippen molar-refractivity contribution >= 4 is 47.1 Å². The van der Waals surface area contributed by atoms with E-state index in [2.05, 4.69) is 5.32 Å². The molecule has 1 aliphatic heterocycles. The van der Waals surface area contributed by atoms with Gasteiger partial charge in [0.05, 0.1) is 27.1 Å². The summed E-state index contributed by atoms with van der Waals surface area (Å²) in [5.41, 5.74) is 0.533. The Labute approximate surface area is 213 Å². The summed E-state index contributed by atoms with van der Waals surface area (Å²) in [6.07, 6.45) is 0.930. The zero-order valence-corrected chi connectivity index (χ0v) is 21.3. The lowest BCUT2D eigenvalue weighted by molar-refractivity contribution is -0.256. The maximum atomic E-state index is 13.4. The Kier molecular flexibility index (Phi) is 10.2. The Morgan fingerprint density at radius 3 is 2.00 bits per heavy atom. The fourth-order valence-corrected chi connectivity index (χ4v) is 3.98. The standard InChI is InChI=1S/C24H27Cl2NO8/c1-5-8-16(28)33-24(34-17(29)9-6-2)35-23(32)19-13(4)27-12(3)18(22(30)31)20(19)14-10-7-11-15(25)21(14)26/h7,10-11,20,24,27H,5-6,8-9H2,1-4H3,(H,30,31)/t20-/m1/s1. The number of ether oxygens (including phenoxy) is 3. The second-order valence-electron chi connectivity index (χ2n) is 7.76. The van der Waals surface area contributed by atoms with Crippen LogP contribution in [0.15, 0.2) is 40.7 Å². The lowest BCUT2D eigenvalue weighted by Gasteiger charge is -2.30. The number of rotatable bonds is 10. The van der Waals surface area contributed by atoms with Crippen molar-refractivity contribution in [3.05, 3.63) is 56.3 Å². The molecule has 1 aliphatic rings. The summed E-state index contributed by atoms with van der Waals surface area (Å²) >= 11 is 12.6. The van der Waals surface area contributed by atoms with Crippen LogP contribution in [0.1, 0.15) is 64.9 Å². The Morgan fingerprint density at radius 1 is 0.943 bits per heavy atom. The number of hydrogen-bond acceptors (Lipinski definition) is 8. The van der Waals surface area contributed by atoms with Crippen LogP contribution in [0, 0.1) is 0 Å². The van der Waals surface area contributed by atoms with Crippen LogP contribution in [0.2, 0.25) is 10.0 Å². The molecule has 1 atom stereocenters. The quantitative estimate of drug-likeness (QED) is 0.324.